The second-order valence-electron chi connectivity index (χ2n) is 4.39. The standard InChI is InChI=1S/C14H12ClN3O3/c1-9-5-6-10(7-16-9)8-17-14(19)11-3-2-4-12(13(11)15)18(20)21/h2-7H,8H2,1H3,(H,17,19). The summed E-state index contributed by atoms with van der Waals surface area (Å²) in [6.07, 6.45) is 1.66. The molecule has 0 bridgehead atoms. The number of nitrogens with one attached hydrogen (secondary N) is 1. The maximum atomic E-state index is 12.0. The maximum Gasteiger partial charge on any atom is 0.288 e. The van der Waals surface area contributed by atoms with E-state index in [0.29, 0.717) is 0 Å². The summed E-state index contributed by atoms with van der Waals surface area (Å²) in [5, 5.41) is 13.3. The number of nitrogens with zero attached hydrogens (tertiary/aromatic N) is 2. The van der Waals surface area contributed by atoms with Crippen molar-refractivity contribution in [3.05, 3.63) is 68.5 Å². The Morgan fingerprint density at radius 2 is 2.14 bits per heavy atom. The Balaban J connectivity index is 2.12. The summed E-state index contributed by atoms with van der Waals surface area (Å²) in [5.41, 5.74) is 1.49. The zero-order chi connectivity index (χ0) is 15.4. The van der Waals surface area contributed by atoms with Gasteiger partial charge in [0.1, 0.15) is 5.02 Å². The lowest BCUT2D eigenvalue weighted by molar-refractivity contribution is -0.384. The Bertz CT molecular complexity index is 686. The molecule has 0 aliphatic carbocycles. The first-order valence-corrected chi connectivity index (χ1v) is 6.49. The summed E-state index contributed by atoms with van der Waals surface area (Å²) in [5.74, 6) is -0.468. The van der Waals surface area contributed by atoms with Crippen LogP contribution in [0.25, 0.3) is 0 Å². The van der Waals surface area contributed by atoms with Crippen LogP contribution in [0.4, 0.5) is 5.69 Å². The molecule has 0 saturated heterocycles. The van der Waals surface area contributed by atoms with Crippen LogP contribution >= 0.6 is 11.6 Å². The van der Waals surface area contributed by atoms with Gasteiger partial charge in [0.05, 0.1) is 10.5 Å². The van der Waals surface area contributed by atoms with E-state index in [1.807, 2.05) is 19.1 Å². The number of amides is 1. The van der Waals surface area contributed by atoms with Crippen molar-refractivity contribution in [1.29, 1.82) is 0 Å². The monoisotopic (exact) mass is 305 g/mol. The molecule has 0 fully saturated rings. The number of carbonyl (C=O) groups excluding carboxylic acids is 1. The molecule has 0 saturated carbocycles. The van der Waals surface area contributed by atoms with Crippen molar-refractivity contribution >= 4 is 23.2 Å². The van der Waals surface area contributed by atoms with Gasteiger partial charge in [0.15, 0.2) is 0 Å². The topological polar surface area (TPSA) is 85.1 Å². The fourth-order valence-electron chi connectivity index (χ4n) is 1.72. The molecular formula is C14H12ClN3O3. The Hall–Kier alpha value is -2.47. The second-order valence-corrected chi connectivity index (χ2v) is 4.76. The van der Waals surface area contributed by atoms with E-state index in [2.05, 4.69) is 10.3 Å². The number of aryl methyl sites for hydroxylation is 1. The highest BCUT2D eigenvalue weighted by Gasteiger charge is 2.19. The lowest BCUT2D eigenvalue weighted by Crippen LogP contribution is -2.23. The molecule has 0 atom stereocenters. The van der Waals surface area contributed by atoms with E-state index >= 15 is 0 Å². The first kappa shape index (κ1) is 14.9. The number of hydrogen-bond acceptors (Lipinski definition) is 4. The van der Waals surface area contributed by atoms with E-state index < -0.39 is 10.8 Å². The summed E-state index contributed by atoms with van der Waals surface area (Å²) < 4.78 is 0. The summed E-state index contributed by atoms with van der Waals surface area (Å²) in [6.45, 7) is 2.14. The van der Waals surface area contributed by atoms with Gasteiger partial charge in [-0.05, 0) is 24.6 Å². The third kappa shape index (κ3) is 3.55. The molecular weight excluding hydrogens is 294 g/mol. The predicted molar refractivity (Wildman–Crippen MR) is 78.3 cm³/mol. The van der Waals surface area contributed by atoms with Gasteiger partial charge in [-0.3, -0.25) is 19.9 Å². The third-order valence-electron chi connectivity index (χ3n) is 2.85. The predicted octanol–water partition coefficient (Wildman–Crippen LogP) is 2.88. The van der Waals surface area contributed by atoms with Crippen molar-refractivity contribution in [2.75, 3.05) is 0 Å². The fraction of sp³-hybridized carbons (Fsp3) is 0.143. The molecule has 1 N–H and O–H groups in total. The molecule has 0 unspecified atom stereocenters. The second kappa shape index (κ2) is 6.32. The van der Waals surface area contributed by atoms with E-state index in [0.717, 1.165) is 11.3 Å². The maximum absolute atomic E-state index is 12.0. The highest BCUT2D eigenvalue weighted by atomic mass is 35.5. The summed E-state index contributed by atoms with van der Waals surface area (Å²) in [7, 11) is 0. The molecule has 1 amide bonds. The fourth-order valence-corrected chi connectivity index (χ4v) is 2.00. The molecule has 108 valence electrons. The van der Waals surface area contributed by atoms with E-state index in [1.54, 1.807) is 6.20 Å². The van der Waals surface area contributed by atoms with Crippen LogP contribution in [0.1, 0.15) is 21.6 Å². The number of nitro groups is 1. The molecule has 6 nitrogen and oxygen atoms in total. The molecule has 1 aromatic carbocycles. The van der Waals surface area contributed by atoms with Crippen molar-refractivity contribution in [3.8, 4) is 0 Å². The van der Waals surface area contributed by atoms with Crippen LogP contribution in [-0.4, -0.2) is 15.8 Å². The number of nitro benzene ring substituents is 1. The molecule has 0 spiro atoms. The Morgan fingerprint density at radius 1 is 1.38 bits per heavy atom. The van der Waals surface area contributed by atoms with Gasteiger partial charge in [-0.25, -0.2) is 0 Å². The van der Waals surface area contributed by atoms with Gasteiger partial charge in [0, 0.05) is 24.5 Å². The third-order valence-corrected chi connectivity index (χ3v) is 3.24. The van der Waals surface area contributed by atoms with Crippen molar-refractivity contribution in [3.63, 3.8) is 0 Å². The molecule has 0 aliphatic rings. The van der Waals surface area contributed by atoms with Gasteiger partial charge in [-0.1, -0.05) is 23.7 Å². The van der Waals surface area contributed by atoms with Gasteiger partial charge in [-0.2, -0.15) is 0 Å². The smallest absolute Gasteiger partial charge is 0.288 e. The first-order chi connectivity index (χ1) is 9.99. The van der Waals surface area contributed by atoms with Gasteiger partial charge in [-0.15, -0.1) is 0 Å². The molecule has 1 heterocycles. The lowest BCUT2D eigenvalue weighted by Gasteiger charge is -2.07. The average Bonchev–Trinajstić information content (AvgIpc) is 2.46. The molecule has 2 rings (SSSR count). The van der Waals surface area contributed by atoms with Crippen LogP contribution in [0.2, 0.25) is 5.02 Å². The molecule has 0 aliphatic heterocycles. The zero-order valence-electron chi connectivity index (χ0n) is 11.2. The highest BCUT2D eigenvalue weighted by Crippen LogP contribution is 2.27. The minimum atomic E-state index is -0.622. The van der Waals surface area contributed by atoms with Crippen molar-refractivity contribution < 1.29 is 9.72 Å². The SMILES string of the molecule is Cc1ccc(CNC(=O)c2cccc([N+](=O)[O-])c2Cl)cn1. The number of pyridine rings is 1. The lowest BCUT2D eigenvalue weighted by atomic mass is 10.2. The van der Waals surface area contributed by atoms with E-state index in [9.17, 15) is 14.9 Å². The molecule has 1 aromatic heterocycles. The Kier molecular flexibility index (Phi) is 4.49. The molecule has 21 heavy (non-hydrogen) atoms. The highest BCUT2D eigenvalue weighted by molar-refractivity contribution is 6.35. The number of benzene rings is 1. The van der Waals surface area contributed by atoms with Crippen molar-refractivity contribution in [2.45, 2.75) is 13.5 Å². The van der Waals surface area contributed by atoms with Gasteiger partial charge in [0.25, 0.3) is 11.6 Å². The number of halogens is 1. The largest absolute Gasteiger partial charge is 0.348 e. The Morgan fingerprint density at radius 3 is 2.76 bits per heavy atom. The summed E-state index contributed by atoms with van der Waals surface area (Å²) >= 11 is 5.89. The van der Waals surface area contributed by atoms with Crippen LogP contribution in [-0.2, 0) is 6.54 Å². The zero-order valence-corrected chi connectivity index (χ0v) is 11.9. The van der Waals surface area contributed by atoms with Crippen LogP contribution < -0.4 is 5.32 Å². The van der Waals surface area contributed by atoms with Crippen LogP contribution in [0.5, 0.6) is 0 Å². The van der Waals surface area contributed by atoms with Crippen LogP contribution in [0, 0.1) is 17.0 Å². The van der Waals surface area contributed by atoms with E-state index in [1.165, 1.54) is 18.2 Å². The van der Waals surface area contributed by atoms with Crippen molar-refractivity contribution in [1.82, 2.24) is 10.3 Å². The minimum Gasteiger partial charge on any atom is -0.348 e. The normalized spacial score (nSPS) is 10.2. The molecule has 0 radical (unpaired) electrons. The van der Waals surface area contributed by atoms with Crippen LogP contribution in [0.15, 0.2) is 36.5 Å². The first-order valence-electron chi connectivity index (χ1n) is 6.11. The molecule has 7 heteroatoms. The summed E-state index contributed by atoms with van der Waals surface area (Å²) in [4.78, 5) is 26.3. The molecule has 2 aromatic rings. The van der Waals surface area contributed by atoms with Crippen LogP contribution in [0.3, 0.4) is 0 Å². The quantitative estimate of drug-likeness (QED) is 0.695. The number of hydrogen-bond donors (Lipinski definition) is 1. The number of rotatable bonds is 4. The Labute approximate surface area is 125 Å². The number of aromatic nitrogens is 1. The van der Waals surface area contributed by atoms with E-state index in [4.69, 9.17) is 11.6 Å². The number of carbonyl (C=O) groups is 1. The van der Waals surface area contributed by atoms with Crippen molar-refractivity contribution in [2.24, 2.45) is 0 Å². The summed E-state index contributed by atoms with van der Waals surface area (Å²) in [6, 6.07) is 7.80. The van der Waals surface area contributed by atoms with E-state index in [-0.39, 0.29) is 22.8 Å². The average molecular weight is 306 g/mol. The van der Waals surface area contributed by atoms with Gasteiger partial charge in [0.2, 0.25) is 0 Å². The van der Waals surface area contributed by atoms with Gasteiger partial charge >= 0.3 is 0 Å². The minimum absolute atomic E-state index is 0.0749. The van der Waals surface area contributed by atoms with Gasteiger partial charge < -0.3 is 5.32 Å².